The number of hydrogen-bond donors (Lipinski definition) is 1. The van der Waals surface area contributed by atoms with Crippen LogP contribution in [0.25, 0.3) is 0 Å². The maximum absolute atomic E-state index is 11.5. The molecule has 0 radical (unpaired) electrons. The molecule has 1 aromatic rings. The highest BCUT2D eigenvalue weighted by Gasteiger charge is 2.32. The van der Waals surface area contributed by atoms with Crippen molar-refractivity contribution >= 4 is 11.8 Å². The van der Waals surface area contributed by atoms with Crippen molar-refractivity contribution in [1.82, 2.24) is 9.80 Å². The molecule has 0 spiro atoms. The summed E-state index contributed by atoms with van der Waals surface area (Å²) in [5.74, 6) is 0.252. The average molecular weight is 291 g/mol. The molecular formula is C15H21N3O3. The van der Waals surface area contributed by atoms with Crippen molar-refractivity contribution in [2.24, 2.45) is 5.73 Å². The third kappa shape index (κ3) is 3.72. The zero-order valence-corrected chi connectivity index (χ0v) is 12.4. The Hall–Kier alpha value is -2.08. The van der Waals surface area contributed by atoms with Crippen LogP contribution in [0.4, 0.5) is 0 Å². The molecule has 2 N–H and O–H groups in total. The lowest BCUT2D eigenvalue weighted by molar-refractivity contribution is -0.141. The molecule has 6 heteroatoms. The minimum atomic E-state index is -0.547. The number of nitrogens with two attached hydrogens (primary N) is 1. The van der Waals surface area contributed by atoms with Crippen LogP contribution in [0.15, 0.2) is 24.3 Å². The predicted molar refractivity (Wildman–Crippen MR) is 78.6 cm³/mol. The molecule has 2 amide bonds. The van der Waals surface area contributed by atoms with Crippen molar-refractivity contribution < 1.29 is 14.3 Å². The van der Waals surface area contributed by atoms with Gasteiger partial charge >= 0.3 is 0 Å². The molecule has 1 heterocycles. The Labute approximate surface area is 124 Å². The number of carbonyl (C=O) groups excluding carboxylic acids is 2. The summed E-state index contributed by atoms with van der Waals surface area (Å²) >= 11 is 0. The number of piperazine rings is 1. The van der Waals surface area contributed by atoms with Gasteiger partial charge < -0.3 is 15.4 Å². The topological polar surface area (TPSA) is 75.9 Å². The Bertz CT molecular complexity index is 515. The molecule has 0 bridgehead atoms. The first-order chi connectivity index (χ1) is 10.0. The van der Waals surface area contributed by atoms with Gasteiger partial charge in [0.15, 0.2) is 0 Å². The number of nitrogens with zero attached hydrogens (tertiary/aromatic N) is 2. The number of carbonyl (C=O) groups is 2. The maximum atomic E-state index is 11.5. The summed E-state index contributed by atoms with van der Waals surface area (Å²) in [7, 11) is 1.63. The van der Waals surface area contributed by atoms with Gasteiger partial charge in [-0.3, -0.25) is 14.5 Å². The van der Waals surface area contributed by atoms with Crippen molar-refractivity contribution in [2.45, 2.75) is 19.5 Å². The zero-order chi connectivity index (χ0) is 15.4. The van der Waals surface area contributed by atoms with Crippen molar-refractivity contribution in [3.63, 3.8) is 0 Å². The first kappa shape index (κ1) is 15.3. The van der Waals surface area contributed by atoms with Crippen LogP contribution in [-0.2, 0) is 16.1 Å². The smallest absolute Gasteiger partial charge is 0.241 e. The minimum absolute atomic E-state index is 0.108. The lowest BCUT2D eigenvalue weighted by atomic mass is 10.1. The molecule has 0 aromatic heterocycles. The molecule has 114 valence electrons. The molecule has 1 aliphatic heterocycles. The van der Waals surface area contributed by atoms with Gasteiger partial charge in [0.05, 0.1) is 7.11 Å². The normalized spacial score (nSPS) is 19.3. The monoisotopic (exact) mass is 291 g/mol. The molecule has 1 aliphatic rings. The first-order valence-corrected chi connectivity index (χ1v) is 6.93. The summed E-state index contributed by atoms with van der Waals surface area (Å²) in [5.41, 5.74) is 6.55. The van der Waals surface area contributed by atoms with E-state index in [1.807, 2.05) is 24.3 Å². The van der Waals surface area contributed by atoms with E-state index in [0.29, 0.717) is 13.1 Å². The summed E-state index contributed by atoms with van der Waals surface area (Å²) in [5, 5.41) is 0. The molecule has 2 rings (SSSR count). The van der Waals surface area contributed by atoms with Gasteiger partial charge in [0.1, 0.15) is 11.8 Å². The van der Waals surface area contributed by atoms with Crippen LogP contribution < -0.4 is 10.5 Å². The van der Waals surface area contributed by atoms with E-state index in [0.717, 1.165) is 24.4 Å². The number of hydrogen-bond acceptors (Lipinski definition) is 4. The largest absolute Gasteiger partial charge is 0.497 e. The quantitative estimate of drug-likeness (QED) is 0.860. The van der Waals surface area contributed by atoms with Crippen molar-refractivity contribution in [3.05, 3.63) is 29.8 Å². The molecule has 1 atom stereocenters. The van der Waals surface area contributed by atoms with Gasteiger partial charge in [-0.25, -0.2) is 0 Å². The molecule has 1 saturated heterocycles. The van der Waals surface area contributed by atoms with Crippen molar-refractivity contribution in [1.29, 1.82) is 0 Å². The molecule has 1 unspecified atom stereocenters. The maximum Gasteiger partial charge on any atom is 0.241 e. The standard InChI is InChI=1S/C15H21N3O3/c1-11(19)18-8-7-17(10-14(18)15(16)20)9-12-3-5-13(21-2)6-4-12/h3-6,14H,7-10H2,1-2H3,(H2,16,20). The van der Waals surface area contributed by atoms with E-state index in [1.54, 1.807) is 12.0 Å². The predicted octanol–water partition coefficient (Wildman–Crippen LogP) is 0.213. The fourth-order valence-corrected chi connectivity index (χ4v) is 2.59. The van der Waals surface area contributed by atoms with Gasteiger partial charge in [-0.2, -0.15) is 0 Å². The van der Waals surface area contributed by atoms with Crippen molar-refractivity contribution in [2.75, 3.05) is 26.7 Å². The van der Waals surface area contributed by atoms with Crippen LogP contribution >= 0.6 is 0 Å². The average Bonchev–Trinajstić information content (AvgIpc) is 2.47. The van der Waals surface area contributed by atoms with E-state index >= 15 is 0 Å². The van der Waals surface area contributed by atoms with E-state index < -0.39 is 11.9 Å². The first-order valence-electron chi connectivity index (χ1n) is 6.93. The summed E-state index contributed by atoms with van der Waals surface area (Å²) in [6.45, 7) is 3.92. The Morgan fingerprint density at radius 3 is 2.48 bits per heavy atom. The SMILES string of the molecule is COc1ccc(CN2CCN(C(C)=O)C(C(N)=O)C2)cc1. The van der Waals surface area contributed by atoms with Gasteiger partial charge in [0.25, 0.3) is 0 Å². The summed E-state index contributed by atoms with van der Waals surface area (Å²) in [4.78, 5) is 26.8. The second kappa shape index (κ2) is 6.58. The van der Waals surface area contributed by atoms with Gasteiger partial charge in [-0.1, -0.05) is 12.1 Å². The van der Waals surface area contributed by atoms with Crippen LogP contribution in [0.1, 0.15) is 12.5 Å². The minimum Gasteiger partial charge on any atom is -0.497 e. The van der Waals surface area contributed by atoms with E-state index in [-0.39, 0.29) is 5.91 Å². The highest BCUT2D eigenvalue weighted by atomic mass is 16.5. The second-order valence-electron chi connectivity index (χ2n) is 5.21. The summed E-state index contributed by atoms with van der Waals surface area (Å²) in [6, 6.07) is 7.26. The number of primary amides is 1. The van der Waals surface area contributed by atoms with Crippen molar-refractivity contribution in [3.8, 4) is 5.75 Å². The Balaban J connectivity index is 2.01. The summed E-state index contributed by atoms with van der Waals surface area (Å²) in [6.07, 6.45) is 0. The number of methoxy groups -OCH3 is 1. The van der Waals surface area contributed by atoms with Gasteiger partial charge in [-0.05, 0) is 17.7 Å². The lowest BCUT2D eigenvalue weighted by Crippen LogP contribution is -2.59. The van der Waals surface area contributed by atoms with Gasteiger partial charge in [0, 0.05) is 33.1 Å². The van der Waals surface area contributed by atoms with E-state index in [9.17, 15) is 9.59 Å². The highest BCUT2D eigenvalue weighted by Crippen LogP contribution is 2.16. The number of ether oxygens (including phenoxy) is 1. The fraction of sp³-hybridized carbons (Fsp3) is 0.467. The fourth-order valence-electron chi connectivity index (χ4n) is 2.59. The van der Waals surface area contributed by atoms with E-state index in [2.05, 4.69) is 4.90 Å². The van der Waals surface area contributed by atoms with E-state index in [1.165, 1.54) is 6.92 Å². The molecule has 0 saturated carbocycles. The Morgan fingerprint density at radius 1 is 1.29 bits per heavy atom. The summed E-state index contributed by atoms with van der Waals surface area (Å²) < 4.78 is 5.13. The van der Waals surface area contributed by atoms with Crippen LogP contribution in [0.2, 0.25) is 0 Å². The van der Waals surface area contributed by atoms with Gasteiger partial charge in [0.2, 0.25) is 11.8 Å². The van der Waals surface area contributed by atoms with Crippen LogP contribution in [-0.4, -0.2) is 54.4 Å². The number of rotatable bonds is 4. The number of amides is 2. The number of benzene rings is 1. The third-order valence-corrected chi connectivity index (χ3v) is 3.76. The Morgan fingerprint density at radius 2 is 1.95 bits per heavy atom. The third-order valence-electron chi connectivity index (χ3n) is 3.76. The second-order valence-corrected chi connectivity index (χ2v) is 5.21. The van der Waals surface area contributed by atoms with Gasteiger partial charge in [-0.15, -0.1) is 0 Å². The molecule has 0 aliphatic carbocycles. The van der Waals surface area contributed by atoms with Crippen LogP contribution in [0.3, 0.4) is 0 Å². The lowest BCUT2D eigenvalue weighted by Gasteiger charge is -2.39. The molecule has 1 fully saturated rings. The molecule has 6 nitrogen and oxygen atoms in total. The van der Waals surface area contributed by atoms with Crippen LogP contribution in [0, 0.1) is 0 Å². The zero-order valence-electron chi connectivity index (χ0n) is 12.4. The highest BCUT2D eigenvalue weighted by molar-refractivity contribution is 5.86. The van der Waals surface area contributed by atoms with E-state index in [4.69, 9.17) is 10.5 Å². The molecule has 1 aromatic carbocycles. The van der Waals surface area contributed by atoms with Crippen LogP contribution in [0.5, 0.6) is 5.75 Å². The Kier molecular flexibility index (Phi) is 4.80. The molecule has 21 heavy (non-hydrogen) atoms. The molecular weight excluding hydrogens is 270 g/mol.